The second-order valence-corrected chi connectivity index (χ2v) is 11.7. The Balaban J connectivity index is 1.29. The minimum absolute atomic E-state index is 0.108. The Morgan fingerprint density at radius 2 is 1.74 bits per heavy atom. The zero-order chi connectivity index (χ0) is 27.0. The molecular formula is C30H33N5O2S. The quantitative estimate of drug-likeness (QED) is 0.331. The maximum absolute atomic E-state index is 13.3. The van der Waals surface area contributed by atoms with E-state index in [9.17, 15) is 9.59 Å². The second kappa shape index (κ2) is 10.2. The summed E-state index contributed by atoms with van der Waals surface area (Å²) in [6, 6.07) is 13.7. The van der Waals surface area contributed by atoms with Crippen LogP contribution >= 0.6 is 11.3 Å². The summed E-state index contributed by atoms with van der Waals surface area (Å²) in [4.78, 5) is 37.3. The molecule has 1 aliphatic rings. The number of benzene rings is 1. The number of aromatic nitrogens is 3. The van der Waals surface area contributed by atoms with Gasteiger partial charge in [-0.2, -0.15) is 0 Å². The first kappa shape index (κ1) is 25.9. The SMILES string of the molecule is Cc1cc(-c2cccc(-c3csc(NC(=O)[C@@H]4CCCN4C(=O)c4ccn(C(C)(C)C)c4)n3)c2)cc(C)n1. The molecule has 1 N–H and O–H groups in total. The number of rotatable bonds is 5. The Kier molecular flexibility index (Phi) is 6.92. The number of thiazole rings is 1. The Morgan fingerprint density at radius 1 is 1.00 bits per heavy atom. The van der Waals surface area contributed by atoms with Crippen LogP contribution in [0.3, 0.4) is 0 Å². The summed E-state index contributed by atoms with van der Waals surface area (Å²) in [5, 5.41) is 5.44. The van der Waals surface area contributed by atoms with Gasteiger partial charge in [-0.25, -0.2) is 4.98 Å². The van der Waals surface area contributed by atoms with Crippen LogP contribution in [-0.2, 0) is 10.3 Å². The standard InChI is InChI=1S/C30H33N5O2S/c1-19-14-24(15-20(2)31-19)21-8-6-9-22(16-21)25-18-38-29(32-25)33-27(36)26-10-7-12-35(26)28(37)23-11-13-34(17-23)30(3,4)5/h6,8-9,11,13-18,26H,7,10,12H2,1-5H3,(H,32,33,36)/t26-/m0/s1. The van der Waals surface area contributed by atoms with Crippen molar-refractivity contribution in [2.45, 2.75) is 59.0 Å². The van der Waals surface area contributed by atoms with Gasteiger partial charge in [-0.15, -0.1) is 11.3 Å². The van der Waals surface area contributed by atoms with Gasteiger partial charge in [0.25, 0.3) is 5.91 Å². The number of nitrogens with one attached hydrogen (secondary N) is 1. The van der Waals surface area contributed by atoms with E-state index in [1.807, 2.05) is 54.4 Å². The number of hydrogen-bond donors (Lipinski definition) is 1. The molecule has 0 spiro atoms. The van der Waals surface area contributed by atoms with Crippen molar-refractivity contribution in [3.63, 3.8) is 0 Å². The molecule has 0 radical (unpaired) electrons. The van der Waals surface area contributed by atoms with Gasteiger partial charge in [0, 0.05) is 46.8 Å². The van der Waals surface area contributed by atoms with Crippen LogP contribution in [0.4, 0.5) is 5.13 Å². The number of aryl methyl sites for hydroxylation is 2. The summed E-state index contributed by atoms with van der Waals surface area (Å²) >= 11 is 1.39. The number of likely N-dealkylation sites (tertiary alicyclic amines) is 1. The molecule has 0 unspecified atom stereocenters. The van der Waals surface area contributed by atoms with Crippen LogP contribution in [0.2, 0.25) is 0 Å². The molecule has 3 aromatic heterocycles. The van der Waals surface area contributed by atoms with Crippen LogP contribution in [0.1, 0.15) is 55.4 Å². The number of amides is 2. The molecule has 8 heteroatoms. The Hall–Kier alpha value is -3.78. The average molecular weight is 528 g/mol. The van der Waals surface area contributed by atoms with Gasteiger partial charge >= 0.3 is 0 Å². The van der Waals surface area contributed by atoms with Gasteiger partial charge in [0.05, 0.1) is 11.3 Å². The van der Waals surface area contributed by atoms with Gasteiger partial charge in [0.1, 0.15) is 6.04 Å². The number of carbonyl (C=O) groups excluding carboxylic acids is 2. The van der Waals surface area contributed by atoms with Crippen molar-refractivity contribution in [1.29, 1.82) is 0 Å². The molecule has 4 aromatic rings. The molecule has 1 aliphatic heterocycles. The highest BCUT2D eigenvalue weighted by atomic mass is 32.1. The molecule has 5 rings (SSSR count). The fraction of sp³-hybridized carbons (Fsp3) is 0.333. The molecule has 38 heavy (non-hydrogen) atoms. The smallest absolute Gasteiger partial charge is 0.256 e. The van der Waals surface area contributed by atoms with E-state index in [-0.39, 0.29) is 17.4 Å². The van der Waals surface area contributed by atoms with Crippen LogP contribution < -0.4 is 5.32 Å². The van der Waals surface area contributed by atoms with Gasteiger partial charge < -0.3 is 14.8 Å². The molecule has 1 saturated heterocycles. The molecule has 0 saturated carbocycles. The van der Waals surface area contributed by atoms with E-state index >= 15 is 0 Å². The third kappa shape index (κ3) is 5.41. The molecule has 1 fully saturated rings. The van der Waals surface area contributed by atoms with E-state index < -0.39 is 6.04 Å². The number of pyridine rings is 1. The van der Waals surface area contributed by atoms with Crippen molar-refractivity contribution in [3.8, 4) is 22.4 Å². The molecule has 0 aliphatic carbocycles. The van der Waals surface area contributed by atoms with Gasteiger partial charge in [0.2, 0.25) is 5.91 Å². The van der Waals surface area contributed by atoms with Crippen molar-refractivity contribution >= 4 is 28.3 Å². The zero-order valence-corrected chi connectivity index (χ0v) is 23.3. The maximum atomic E-state index is 13.3. The van der Waals surface area contributed by atoms with E-state index in [1.165, 1.54) is 11.3 Å². The fourth-order valence-electron chi connectivity index (χ4n) is 4.90. The van der Waals surface area contributed by atoms with Crippen LogP contribution in [0.15, 0.2) is 60.2 Å². The molecule has 4 heterocycles. The topological polar surface area (TPSA) is 80.1 Å². The first-order valence-corrected chi connectivity index (χ1v) is 13.8. The predicted octanol–water partition coefficient (Wildman–Crippen LogP) is 6.29. The monoisotopic (exact) mass is 527 g/mol. The third-order valence-corrected chi connectivity index (χ3v) is 7.60. The lowest BCUT2D eigenvalue weighted by Crippen LogP contribution is -2.43. The Morgan fingerprint density at radius 3 is 2.45 bits per heavy atom. The van der Waals surface area contributed by atoms with E-state index in [0.29, 0.717) is 23.7 Å². The number of hydrogen-bond acceptors (Lipinski definition) is 5. The van der Waals surface area contributed by atoms with Crippen LogP contribution in [-0.4, -0.2) is 43.8 Å². The summed E-state index contributed by atoms with van der Waals surface area (Å²) < 4.78 is 2.02. The highest BCUT2D eigenvalue weighted by molar-refractivity contribution is 7.14. The van der Waals surface area contributed by atoms with Gasteiger partial charge in [-0.05, 0) is 82.9 Å². The lowest BCUT2D eigenvalue weighted by molar-refractivity contribution is -0.119. The van der Waals surface area contributed by atoms with Crippen molar-refractivity contribution in [2.75, 3.05) is 11.9 Å². The second-order valence-electron chi connectivity index (χ2n) is 10.9. The van der Waals surface area contributed by atoms with Crippen molar-refractivity contribution in [3.05, 3.63) is 77.2 Å². The largest absolute Gasteiger partial charge is 0.348 e. The minimum atomic E-state index is -0.505. The molecule has 7 nitrogen and oxygen atoms in total. The van der Waals surface area contributed by atoms with Crippen LogP contribution in [0, 0.1) is 13.8 Å². The van der Waals surface area contributed by atoms with Crippen molar-refractivity contribution in [2.24, 2.45) is 0 Å². The molecule has 196 valence electrons. The first-order valence-electron chi connectivity index (χ1n) is 12.9. The lowest BCUT2D eigenvalue weighted by atomic mass is 10.0. The summed E-state index contributed by atoms with van der Waals surface area (Å²) in [6.45, 7) is 10.8. The Bertz CT molecular complexity index is 1480. The first-order chi connectivity index (χ1) is 18.1. The summed E-state index contributed by atoms with van der Waals surface area (Å²) in [7, 11) is 0. The van der Waals surface area contributed by atoms with E-state index in [0.717, 1.165) is 40.2 Å². The number of anilines is 1. The van der Waals surface area contributed by atoms with Crippen LogP contribution in [0.5, 0.6) is 0 Å². The fourth-order valence-corrected chi connectivity index (χ4v) is 5.62. The third-order valence-electron chi connectivity index (χ3n) is 6.84. The van der Waals surface area contributed by atoms with Gasteiger partial charge in [-0.3, -0.25) is 14.6 Å². The molecule has 2 amide bonds. The molecule has 0 bridgehead atoms. The average Bonchev–Trinajstić information content (AvgIpc) is 3.63. The zero-order valence-electron chi connectivity index (χ0n) is 22.5. The maximum Gasteiger partial charge on any atom is 0.256 e. The highest BCUT2D eigenvalue weighted by Gasteiger charge is 2.35. The molecular weight excluding hydrogens is 494 g/mol. The molecule has 1 atom stereocenters. The van der Waals surface area contributed by atoms with Gasteiger partial charge in [0.15, 0.2) is 5.13 Å². The number of carbonyl (C=O) groups is 2. The summed E-state index contributed by atoms with van der Waals surface area (Å²) in [5.41, 5.74) is 6.45. The minimum Gasteiger partial charge on any atom is -0.348 e. The normalized spacial score (nSPS) is 15.6. The summed E-state index contributed by atoms with van der Waals surface area (Å²) in [6.07, 6.45) is 5.23. The summed E-state index contributed by atoms with van der Waals surface area (Å²) in [5.74, 6) is -0.299. The van der Waals surface area contributed by atoms with Crippen LogP contribution in [0.25, 0.3) is 22.4 Å². The number of nitrogens with zero attached hydrogens (tertiary/aromatic N) is 4. The van der Waals surface area contributed by atoms with E-state index in [4.69, 9.17) is 0 Å². The molecule has 1 aromatic carbocycles. The van der Waals surface area contributed by atoms with E-state index in [2.05, 4.69) is 60.3 Å². The van der Waals surface area contributed by atoms with Crippen molar-refractivity contribution < 1.29 is 9.59 Å². The Labute approximate surface area is 227 Å². The highest BCUT2D eigenvalue weighted by Crippen LogP contribution is 2.30. The van der Waals surface area contributed by atoms with Crippen molar-refractivity contribution in [1.82, 2.24) is 19.4 Å². The van der Waals surface area contributed by atoms with E-state index in [1.54, 1.807) is 4.90 Å². The van der Waals surface area contributed by atoms with Gasteiger partial charge in [-0.1, -0.05) is 18.2 Å². The predicted molar refractivity (Wildman–Crippen MR) is 152 cm³/mol. The lowest BCUT2D eigenvalue weighted by Gasteiger charge is -2.24.